The lowest BCUT2D eigenvalue weighted by atomic mass is 10.1. The van der Waals surface area contributed by atoms with E-state index in [4.69, 9.17) is 16.7 Å². The Morgan fingerprint density at radius 2 is 2.00 bits per heavy atom. The van der Waals surface area contributed by atoms with Crippen molar-refractivity contribution >= 4 is 17.3 Å². The van der Waals surface area contributed by atoms with Crippen LogP contribution in [0.15, 0.2) is 18.2 Å². The van der Waals surface area contributed by atoms with Crippen LogP contribution >= 0.6 is 11.6 Å². The summed E-state index contributed by atoms with van der Waals surface area (Å²) >= 11 is 6.40. The molecule has 0 saturated heterocycles. The van der Waals surface area contributed by atoms with Gasteiger partial charge in [0.1, 0.15) is 0 Å². The molecule has 3 nitrogen and oxygen atoms in total. The molecule has 0 saturated carbocycles. The molecule has 0 spiro atoms. The van der Waals surface area contributed by atoms with Gasteiger partial charge in [-0.2, -0.15) is 0 Å². The van der Waals surface area contributed by atoms with Crippen LogP contribution in [0.3, 0.4) is 0 Å². The molecular weight excluding hydrogens is 260 g/mol. The molecule has 0 aliphatic rings. The van der Waals surface area contributed by atoms with E-state index >= 15 is 0 Å². The normalized spacial score (nSPS) is 12.8. The van der Waals surface area contributed by atoms with E-state index in [1.165, 1.54) is 5.56 Å². The molecule has 0 aliphatic heterocycles. The molecule has 0 aromatic heterocycles. The molecule has 1 rings (SSSR count). The van der Waals surface area contributed by atoms with E-state index in [9.17, 15) is 0 Å². The first-order valence-corrected chi connectivity index (χ1v) is 7.29. The Morgan fingerprint density at radius 3 is 2.47 bits per heavy atom. The van der Waals surface area contributed by atoms with E-state index < -0.39 is 0 Å². The zero-order valence-corrected chi connectivity index (χ0v) is 13.0. The predicted molar refractivity (Wildman–Crippen MR) is 83.1 cm³/mol. The van der Waals surface area contributed by atoms with Crippen LogP contribution in [0.25, 0.3) is 0 Å². The first kappa shape index (κ1) is 16.3. The van der Waals surface area contributed by atoms with Gasteiger partial charge in [0, 0.05) is 18.6 Å². The van der Waals surface area contributed by atoms with Gasteiger partial charge in [0.2, 0.25) is 0 Å². The van der Waals surface area contributed by atoms with Gasteiger partial charge in [0.25, 0.3) is 0 Å². The summed E-state index contributed by atoms with van der Waals surface area (Å²) in [5.41, 5.74) is 2.17. The number of nitrogens with zero attached hydrogens (tertiary/aromatic N) is 1. The Bertz CT molecular complexity index is 396. The van der Waals surface area contributed by atoms with Crippen molar-refractivity contribution in [1.82, 2.24) is 5.32 Å². The standard InChI is InChI=1S/C15H25ClN2O/c1-5-17-12(4)13-6-7-15(14(16)10-13)18(8-9-19)11(2)3/h6-7,10-12,17,19H,5,8-9H2,1-4H3. The average molecular weight is 285 g/mol. The van der Waals surface area contributed by atoms with Crippen molar-refractivity contribution in [3.05, 3.63) is 28.8 Å². The Balaban J connectivity index is 2.98. The van der Waals surface area contributed by atoms with E-state index in [-0.39, 0.29) is 6.61 Å². The summed E-state index contributed by atoms with van der Waals surface area (Å²) in [6.07, 6.45) is 0. The second-order valence-electron chi connectivity index (χ2n) is 5.00. The molecule has 1 atom stereocenters. The van der Waals surface area contributed by atoms with E-state index in [1.54, 1.807) is 0 Å². The minimum atomic E-state index is 0.129. The highest BCUT2D eigenvalue weighted by Gasteiger charge is 2.14. The van der Waals surface area contributed by atoms with Crippen molar-refractivity contribution in [1.29, 1.82) is 0 Å². The molecule has 2 N–H and O–H groups in total. The molecule has 108 valence electrons. The van der Waals surface area contributed by atoms with E-state index in [0.717, 1.165) is 17.3 Å². The largest absolute Gasteiger partial charge is 0.395 e. The highest BCUT2D eigenvalue weighted by atomic mass is 35.5. The fourth-order valence-corrected chi connectivity index (χ4v) is 2.51. The summed E-state index contributed by atoms with van der Waals surface area (Å²) < 4.78 is 0. The monoisotopic (exact) mass is 284 g/mol. The maximum absolute atomic E-state index is 9.16. The molecule has 0 radical (unpaired) electrons. The van der Waals surface area contributed by atoms with Gasteiger partial charge in [0.05, 0.1) is 17.3 Å². The Kier molecular flexibility index (Phi) is 6.63. The summed E-state index contributed by atoms with van der Waals surface area (Å²) in [6, 6.07) is 6.75. The summed E-state index contributed by atoms with van der Waals surface area (Å²) in [4.78, 5) is 2.12. The van der Waals surface area contributed by atoms with Gasteiger partial charge >= 0.3 is 0 Å². The lowest BCUT2D eigenvalue weighted by Crippen LogP contribution is -2.33. The third-order valence-corrected chi connectivity index (χ3v) is 3.56. The molecule has 0 fully saturated rings. The number of hydrogen-bond donors (Lipinski definition) is 2. The fourth-order valence-electron chi connectivity index (χ4n) is 2.21. The van der Waals surface area contributed by atoms with E-state index in [1.807, 2.05) is 12.1 Å². The number of anilines is 1. The van der Waals surface area contributed by atoms with Crippen LogP contribution in [-0.2, 0) is 0 Å². The third kappa shape index (κ3) is 4.37. The summed E-state index contributed by atoms with van der Waals surface area (Å²) in [5.74, 6) is 0. The van der Waals surface area contributed by atoms with Gasteiger partial charge in [-0.05, 0) is 45.0 Å². The van der Waals surface area contributed by atoms with Crippen LogP contribution < -0.4 is 10.2 Å². The first-order chi connectivity index (χ1) is 9.01. The maximum Gasteiger partial charge on any atom is 0.0643 e. The topological polar surface area (TPSA) is 35.5 Å². The van der Waals surface area contributed by atoms with E-state index in [2.05, 4.69) is 44.0 Å². The SMILES string of the molecule is CCNC(C)c1ccc(N(CCO)C(C)C)c(Cl)c1. The maximum atomic E-state index is 9.16. The van der Waals surface area contributed by atoms with Crippen LogP contribution in [0.1, 0.15) is 39.3 Å². The fraction of sp³-hybridized carbons (Fsp3) is 0.600. The quantitative estimate of drug-likeness (QED) is 0.807. The van der Waals surface area contributed by atoms with Crippen molar-refractivity contribution in [3.8, 4) is 0 Å². The molecule has 0 bridgehead atoms. The number of hydrogen-bond acceptors (Lipinski definition) is 3. The number of aliphatic hydroxyl groups excluding tert-OH is 1. The lowest BCUT2D eigenvalue weighted by molar-refractivity contribution is 0.299. The van der Waals surface area contributed by atoms with Gasteiger partial charge in [-0.3, -0.25) is 0 Å². The first-order valence-electron chi connectivity index (χ1n) is 6.91. The second kappa shape index (κ2) is 7.73. The van der Waals surface area contributed by atoms with Gasteiger partial charge in [-0.1, -0.05) is 24.6 Å². The highest BCUT2D eigenvalue weighted by molar-refractivity contribution is 6.33. The van der Waals surface area contributed by atoms with Crippen LogP contribution in [0.5, 0.6) is 0 Å². The summed E-state index contributed by atoms with van der Waals surface area (Å²) in [5, 5.41) is 13.3. The lowest BCUT2D eigenvalue weighted by Gasteiger charge is -2.29. The molecular formula is C15H25ClN2O. The molecule has 0 aliphatic carbocycles. The summed E-state index contributed by atoms with van der Waals surface area (Å²) in [6.45, 7) is 10.1. The van der Waals surface area contributed by atoms with Gasteiger partial charge < -0.3 is 15.3 Å². The number of rotatable bonds is 7. The van der Waals surface area contributed by atoms with Crippen LogP contribution in [-0.4, -0.2) is 30.8 Å². The third-order valence-electron chi connectivity index (χ3n) is 3.26. The second-order valence-corrected chi connectivity index (χ2v) is 5.41. The van der Waals surface area contributed by atoms with Crippen LogP contribution in [0, 0.1) is 0 Å². The van der Waals surface area contributed by atoms with Crippen molar-refractivity contribution < 1.29 is 5.11 Å². The van der Waals surface area contributed by atoms with E-state index in [0.29, 0.717) is 18.6 Å². The molecule has 1 aromatic carbocycles. The molecule has 0 amide bonds. The van der Waals surface area contributed by atoms with Crippen molar-refractivity contribution in [2.75, 3.05) is 24.6 Å². The number of nitrogens with one attached hydrogen (secondary N) is 1. The molecule has 4 heteroatoms. The Morgan fingerprint density at radius 1 is 1.32 bits per heavy atom. The number of halogens is 1. The molecule has 0 heterocycles. The Labute approximate surface area is 121 Å². The van der Waals surface area contributed by atoms with Crippen molar-refractivity contribution in [2.24, 2.45) is 0 Å². The number of aliphatic hydroxyl groups is 1. The highest BCUT2D eigenvalue weighted by Crippen LogP contribution is 2.30. The smallest absolute Gasteiger partial charge is 0.0643 e. The number of benzene rings is 1. The molecule has 19 heavy (non-hydrogen) atoms. The average Bonchev–Trinajstić information content (AvgIpc) is 2.36. The molecule has 1 aromatic rings. The minimum Gasteiger partial charge on any atom is -0.395 e. The van der Waals surface area contributed by atoms with Crippen LogP contribution in [0.4, 0.5) is 5.69 Å². The molecule has 1 unspecified atom stereocenters. The van der Waals surface area contributed by atoms with Crippen molar-refractivity contribution in [3.63, 3.8) is 0 Å². The summed E-state index contributed by atoms with van der Waals surface area (Å²) in [7, 11) is 0. The van der Waals surface area contributed by atoms with Gasteiger partial charge in [0.15, 0.2) is 0 Å². The van der Waals surface area contributed by atoms with Crippen molar-refractivity contribution in [2.45, 2.75) is 39.8 Å². The van der Waals surface area contributed by atoms with Gasteiger partial charge in [-0.15, -0.1) is 0 Å². The zero-order valence-electron chi connectivity index (χ0n) is 12.3. The van der Waals surface area contributed by atoms with Gasteiger partial charge in [-0.25, -0.2) is 0 Å². The minimum absolute atomic E-state index is 0.129. The predicted octanol–water partition coefficient (Wildman–Crippen LogP) is 3.22. The Hall–Kier alpha value is -0.770. The van der Waals surface area contributed by atoms with Crippen LogP contribution in [0.2, 0.25) is 5.02 Å². The zero-order chi connectivity index (χ0) is 14.4.